The summed E-state index contributed by atoms with van der Waals surface area (Å²) >= 11 is 0. The highest BCUT2D eigenvalue weighted by molar-refractivity contribution is 6.91. The number of aromatic nitrogens is 2. The number of nitrogens with one attached hydrogen (secondary N) is 2. The van der Waals surface area contributed by atoms with E-state index >= 15 is 87.8 Å². The van der Waals surface area contributed by atoms with Crippen molar-refractivity contribution in [2.45, 2.75) is 116 Å². The Morgan fingerprint density at radius 1 is 0.255 bits per heavy atom. The van der Waals surface area contributed by atoms with Gasteiger partial charge in [-0.3, -0.25) is 0 Å². The minimum Gasteiger partial charge on any atom is -0.354 e. The molecule has 0 unspecified atom stereocenters. The molecular weight excluding hydrogens is 1460 g/mol. The number of halogens is 20. The van der Waals surface area contributed by atoms with Gasteiger partial charge in [0.15, 0.2) is 93.1 Å². The quantitative estimate of drug-likeness (QED) is 0.0451. The Labute approximate surface area is 594 Å². The van der Waals surface area contributed by atoms with Crippen LogP contribution < -0.4 is 10.7 Å². The molecule has 0 aliphatic carbocycles. The number of hydrogen-bond donors (Lipinski definition) is 2. The van der Waals surface area contributed by atoms with Crippen LogP contribution in [0, 0.1) is 139 Å². The zero-order valence-electron chi connectivity index (χ0n) is 57.7. The maximum Gasteiger partial charge on any atom is 0.200 e. The number of allylic oxidation sites excluding steroid dienone is 12. The predicted octanol–water partition coefficient (Wildman–Crippen LogP) is 20.1. The number of nitrogens with zero attached hydrogens (tertiary/aromatic N) is 4. The van der Waals surface area contributed by atoms with E-state index in [2.05, 4.69) is 32.9 Å². The van der Waals surface area contributed by atoms with Crippen LogP contribution in [0.4, 0.5) is 87.8 Å². The summed E-state index contributed by atoms with van der Waals surface area (Å²) in [6.07, 6.45) is 8.43. The van der Waals surface area contributed by atoms with Gasteiger partial charge in [0, 0.05) is 55.5 Å². The second kappa shape index (κ2) is 27.5. The fraction of sp³-hybridized carbons (Fsp3) is 0.231. The lowest BCUT2D eigenvalue weighted by atomic mass is 9.88. The van der Waals surface area contributed by atoms with Crippen LogP contribution in [0.25, 0.3) is 22.3 Å². The van der Waals surface area contributed by atoms with E-state index in [0.717, 1.165) is 72.9 Å². The molecule has 0 saturated heterocycles. The van der Waals surface area contributed by atoms with E-state index in [-0.39, 0.29) is 44.4 Å². The van der Waals surface area contributed by atoms with Gasteiger partial charge in [-0.1, -0.05) is 94.9 Å². The topological polar surface area (TPSA) is 81.0 Å². The van der Waals surface area contributed by atoms with Gasteiger partial charge in [-0.15, -0.1) is 11.1 Å². The summed E-state index contributed by atoms with van der Waals surface area (Å²) in [5.41, 5.74) is -13.4. The van der Waals surface area contributed by atoms with E-state index < -0.39 is 256 Å². The molecule has 6 aliphatic heterocycles. The second-order valence-corrected chi connectivity index (χ2v) is 38.7. The summed E-state index contributed by atoms with van der Waals surface area (Å²) in [6.45, 7) is 22.9. The van der Waals surface area contributed by atoms with Crippen molar-refractivity contribution in [1.82, 2.24) is 9.97 Å². The lowest BCUT2D eigenvalue weighted by Crippen LogP contribution is -2.43. The van der Waals surface area contributed by atoms with E-state index in [1.54, 1.807) is 0 Å². The molecule has 106 heavy (non-hydrogen) atoms. The van der Waals surface area contributed by atoms with E-state index in [1.807, 2.05) is 83.1 Å². The van der Waals surface area contributed by atoms with Crippen molar-refractivity contribution in [3.05, 3.63) is 279 Å². The average molecular weight is 1510 g/mol. The number of rotatable bonds is 10. The fourth-order valence-electron chi connectivity index (χ4n) is 15.3. The number of fused-ring (bicyclic) bond motifs is 12. The molecule has 0 atom stereocenters. The zero-order chi connectivity index (χ0) is 77.4. The SMILES string of the molecule is CC(C)[Si](C#CC1=C(C#C[Si](C(C)C)(C(C)C)C(C)C)C2=C3C=CC(=N3)C(c3c(F)c(F)c(F)c(F)c3F)=c3ccc([nH]3)=C(c3c(F)c(F)c(F)c(F)c3F)C3=NC(=C1C1=NC(=C(c4c(F)c(F)c(F)c(F)c4F)c4ccc([nH]4)C(c4c(F)c(F)c(F)c(F)c4F)=C4C=CC2=N4)C=C1)C=C3)(C(C)C)C(C)C. The summed E-state index contributed by atoms with van der Waals surface area (Å²) in [5, 5.41) is -1.49. The van der Waals surface area contributed by atoms with Gasteiger partial charge in [0.2, 0.25) is 23.3 Å². The third-order valence-corrected chi connectivity index (χ3v) is 32.8. The molecule has 2 aromatic heterocycles. The predicted molar refractivity (Wildman–Crippen MR) is 368 cm³/mol. The normalized spacial score (nSPS) is 15.9. The highest BCUT2D eigenvalue weighted by Gasteiger charge is 2.45. The summed E-state index contributed by atoms with van der Waals surface area (Å²) in [6, 6.07) is 3.43. The van der Waals surface area contributed by atoms with Crippen LogP contribution in [0.2, 0.25) is 33.2 Å². The van der Waals surface area contributed by atoms with Crippen LogP contribution in [0.5, 0.6) is 0 Å². The first-order chi connectivity index (χ1) is 49.9. The molecule has 0 amide bonds. The average Bonchev–Trinajstić information content (AvgIpc) is 1.55. The van der Waals surface area contributed by atoms with Gasteiger partial charge >= 0.3 is 0 Å². The first kappa shape index (κ1) is 75.4. The van der Waals surface area contributed by atoms with E-state index in [0.29, 0.717) is 0 Å². The van der Waals surface area contributed by atoms with Crippen molar-refractivity contribution in [2.75, 3.05) is 0 Å². The molecule has 0 spiro atoms. The van der Waals surface area contributed by atoms with Crippen LogP contribution in [0.1, 0.15) is 117 Å². The van der Waals surface area contributed by atoms with Gasteiger partial charge in [0.25, 0.3) is 0 Å². The molecule has 14 bridgehead atoms. The molecule has 6 aliphatic rings. The number of H-pyrrole nitrogens is 2. The Kier molecular flexibility index (Phi) is 19.6. The van der Waals surface area contributed by atoms with E-state index in [9.17, 15) is 0 Å². The largest absolute Gasteiger partial charge is 0.354 e. The Morgan fingerprint density at radius 3 is 0.698 bits per heavy atom. The van der Waals surface area contributed by atoms with Crippen LogP contribution in [-0.2, 0) is 0 Å². The van der Waals surface area contributed by atoms with Gasteiger partial charge in [0.05, 0.1) is 79.0 Å². The van der Waals surface area contributed by atoms with Crippen LogP contribution in [0.3, 0.4) is 0 Å². The Balaban J connectivity index is 1.44. The summed E-state index contributed by atoms with van der Waals surface area (Å²) in [7, 11) is -6.59. The Bertz CT molecular complexity index is 5190. The van der Waals surface area contributed by atoms with Crippen LogP contribution in [-0.4, -0.2) is 49.0 Å². The van der Waals surface area contributed by atoms with Crippen molar-refractivity contribution in [3.63, 3.8) is 0 Å². The molecule has 28 heteroatoms. The lowest BCUT2D eigenvalue weighted by molar-refractivity contribution is 0.376. The molecule has 2 N–H and O–H groups in total. The monoisotopic (exact) mass is 1510 g/mol. The molecule has 546 valence electrons. The van der Waals surface area contributed by atoms with Crippen molar-refractivity contribution in [3.8, 4) is 22.9 Å². The highest BCUT2D eigenvalue weighted by Crippen LogP contribution is 2.48. The molecule has 0 fully saturated rings. The number of benzene rings is 4. The Hall–Kier alpha value is -10.3. The van der Waals surface area contributed by atoms with Crippen LogP contribution >= 0.6 is 0 Å². The molecule has 4 aromatic carbocycles. The highest BCUT2D eigenvalue weighted by atomic mass is 28.3. The molecule has 6 aromatic rings. The van der Waals surface area contributed by atoms with E-state index in [4.69, 9.17) is 20.0 Å². The van der Waals surface area contributed by atoms with Crippen molar-refractivity contribution in [1.29, 1.82) is 0 Å². The van der Waals surface area contributed by atoms with Gasteiger partial charge in [-0.05, 0) is 106 Å². The number of hydrogen-bond acceptors (Lipinski definition) is 4. The number of aliphatic imine (C=N–C) groups is 4. The fourth-order valence-corrected chi connectivity index (χ4v) is 25.7. The smallest absolute Gasteiger partial charge is 0.200 e. The summed E-state index contributed by atoms with van der Waals surface area (Å²) in [4.78, 5) is 24.6. The first-order valence-corrected chi connectivity index (χ1v) is 37.4. The van der Waals surface area contributed by atoms with Crippen molar-refractivity contribution < 1.29 is 87.8 Å². The van der Waals surface area contributed by atoms with E-state index in [1.165, 1.54) is 0 Å². The van der Waals surface area contributed by atoms with Crippen molar-refractivity contribution >= 4 is 61.3 Å². The molecule has 6 nitrogen and oxygen atoms in total. The minimum absolute atomic E-state index is 0.278. The third-order valence-electron chi connectivity index (χ3n) is 20.2. The summed E-state index contributed by atoms with van der Waals surface area (Å²) < 4.78 is 324. The van der Waals surface area contributed by atoms with Crippen molar-refractivity contribution in [2.24, 2.45) is 20.0 Å². The first-order valence-electron chi connectivity index (χ1n) is 32.9. The third kappa shape index (κ3) is 11.6. The summed E-state index contributed by atoms with van der Waals surface area (Å²) in [5.74, 6) is -43.8. The maximum absolute atomic E-state index is 16.9. The van der Waals surface area contributed by atoms with Gasteiger partial charge in [0.1, 0.15) is 16.1 Å². The van der Waals surface area contributed by atoms with Gasteiger partial charge in [-0.25, -0.2) is 108 Å². The standard InChI is InChI=1S/C78H56F20N6Si2/c1-29(2)105(30(3)4,31(5)6)27-25-35-36(26-28-106(32(7)8,33(9)10)34(11)12)50-39-15-19-43(101-39)53(57-63(83)71(91)77(97)72(92)64(57)84)47-23-21-45(103-47)51(55-59(79)67(87)75(95)68(88)60(55)80)41-17-13-37(99-41)49(35)38-14-18-42(100-38)52(56-61(81)69(89)76(96)70(90)62(56)82)46-22-24-48(104-46)54(44-20-16-40(50)102-44)58-65(85)73(93)78(98)74(94)66(58)86/h13-24,29-34,103-104H,1-12H3. The van der Waals surface area contributed by atoms with Crippen LogP contribution in [0.15, 0.2) is 138 Å². The lowest BCUT2D eigenvalue weighted by Gasteiger charge is -2.38. The molecule has 12 rings (SSSR count). The van der Waals surface area contributed by atoms with Gasteiger partial charge in [-0.2, -0.15) is 0 Å². The second-order valence-electron chi connectivity index (χ2n) is 27.5. The maximum atomic E-state index is 16.9. The minimum atomic E-state index is -3.29. The van der Waals surface area contributed by atoms with Gasteiger partial charge < -0.3 is 9.97 Å². The molecule has 0 radical (unpaired) electrons. The molecule has 0 saturated carbocycles. The Morgan fingerprint density at radius 2 is 0.462 bits per heavy atom. The zero-order valence-corrected chi connectivity index (χ0v) is 59.7. The number of aromatic amines is 2. The molecular formula is C78H56F20N6Si2. The molecule has 8 heterocycles.